The molecular weight excluding hydrogens is 228 g/mol. The summed E-state index contributed by atoms with van der Waals surface area (Å²) in [6.07, 6.45) is 6.48. The SMILES string of the molecule is CCCC(C(=O)O)N(CC)C1CC2CCC(C1)N2. The van der Waals surface area contributed by atoms with Crippen LogP contribution in [-0.4, -0.2) is 46.7 Å². The lowest BCUT2D eigenvalue weighted by Gasteiger charge is -2.40. The number of hydrogen-bond acceptors (Lipinski definition) is 3. The molecule has 0 aromatic heterocycles. The Morgan fingerprint density at radius 3 is 2.39 bits per heavy atom. The Hall–Kier alpha value is -0.610. The first-order chi connectivity index (χ1) is 8.65. The zero-order valence-corrected chi connectivity index (χ0v) is 11.6. The van der Waals surface area contributed by atoms with E-state index in [1.807, 2.05) is 0 Å². The van der Waals surface area contributed by atoms with E-state index in [9.17, 15) is 9.90 Å². The van der Waals surface area contributed by atoms with E-state index in [4.69, 9.17) is 0 Å². The fourth-order valence-corrected chi connectivity index (χ4v) is 3.74. The quantitative estimate of drug-likeness (QED) is 0.759. The minimum atomic E-state index is -0.649. The Balaban J connectivity index is 2.04. The third-order valence-electron chi connectivity index (χ3n) is 4.53. The maximum Gasteiger partial charge on any atom is 0.320 e. The van der Waals surface area contributed by atoms with Gasteiger partial charge >= 0.3 is 5.97 Å². The van der Waals surface area contributed by atoms with Gasteiger partial charge in [-0.2, -0.15) is 0 Å². The standard InChI is InChI=1S/C14H26N2O2/c1-3-5-13(14(17)18)16(4-2)12-8-10-6-7-11(9-12)15-10/h10-13,15H,3-9H2,1-2H3,(H,17,18). The Morgan fingerprint density at radius 2 is 1.94 bits per heavy atom. The molecule has 4 nitrogen and oxygen atoms in total. The number of nitrogens with zero attached hydrogens (tertiary/aromatic N) is 1. The number of carboxylic acids is 1. The average Bonchev–Trinajstić information content (AvgIpc) is 2.68. The lowest BCUT2D eigenvalue weighted by atomic mass is 9.95. The molecule has 0 spiro atoms. The van der Waals surface area contributed by atoms with Crippen molar-refractivity contribution in [2.45, 2.75) is 76.5 Å². The number of fused-ring (bicyclic) bond motifs is 2. The van der Waals surface area contributed by atoms with Crippen LogP contribution in [0.3, 0.4) is 0 Å². The summed E-state index contributed by atoms with van der Waals surface area (Å²) < 4.78 is 0. The Kier molecular flexibility index (Phi) is 4.62. The normalized spacial score (nSPS) is 32.7. The Bertz CT molecular complexity index is 284. The number of hydrogen-bond donors (Lipinski definition) is 2. The van der Waals surface area contributed by atoms with E-state index in [0.717, 1.165) is 32.2 Å². The second-order valence-corrected chi connectivity index (χ2v) is 5.74. The highest BCUT2D eigenvalue weighted by Gasteiger charge is 2.38. The van der Waals surface area contributed by atoms with E-state index in [-0.39, 0.29) is 6.04 Å². The molecule has 0 aromatic carbocycles. The van der Waals surface area contributed by atoms with Crippen molar-refractivity contribution in [2.75, 3.05) is 6.54 Å². The summed E-state index contributed by atoms with van der Waals surface area (Å²) in [4.78, 5) is 13.7. The van der Waals surface area contributed by atoms with Crippen LogP contribution in [0.1, 0.15) is 52.4 Å². The summed E-state index contributed by atoms with van der Waals surface area (Å²) in [6, 6.07) is 1.42. The first-order valence-corrected chi connectivity index (χ1v) is 7.40. The van der Waals surface area contributed by atoms with Gasteiger partial charge in [0.15, 0.2) is 0 Å². The highest BCUT2D eigenvalue weighted by Crippen LogP contribution is 2.31. The minimum Gasteiger partial charge on any atom is -0.480 e. The van der Waals surface area contributed by atoms with E-state index in [0.29, 0.717) is 18.1 Å². The number of nitrogens with one attached hydrogen (secondary N) is 1. The lowest BCUT2D eigenvalue weighted by molar-refractivity contribution is -0.145. The zero-order chi connectivity index (χ0) is 13.1. The van der Waals surface area contributed by atoms with Gasteiger partial charge in [0.05, 0.1) is 0 Å². The summed E-state index contributed by atoms with van der Waals surface area (Å²) in [5.74, 6) is -0.649. The van der Waals surface area contributed by atoms with Crippen LogP contribution < -0.4 is 5.32 Å². The number of piperidine rings is 1. The smallest absolute Gasteiger partial charge is 0.320 e. The van der Waals surface area contributed by atoms with Gasteiger partial charge in [-0.1, -0.05) is 20.3 Å². The van der Waals surface area contributed by atoms with Gasteiger partial charge in [-0.15, -0.1) is 0 Å². The van der Waals surface area contributed by atoms with Crippen LogP contribution in [0.2, 0.25) is 0 Å². The van der Waals surface area contributed by atoms with Gasteiger partial charge in [-0.25, -0.2) is 0 Å². The van der Waals surface area contributed by atoms with Crippen LogP contribution in [0.15, 0.2) is 0 Å². The molecule has 2 aliphatic rings. The Morgan fingerprint density at radius 1 is 1.33 bits per heavy atom. The van der Waals surface area contributed by atoms with E-state index in [2.05, 4.69) is 24.1 Å². The van der Waals surface area contributed by atoms with Gasteiger partial charge in [0.2, 0.25) is 0 Å². The van der Waals surface area contributed by atoms with Crippen molar-refractivity contribution in [3.63, 3.8) is 0 Å². The molecule has 2 N–H and O–H groups in total. The summed E-state index contributed by atoms with van der Waals surface area (Å²) in [6.45, 7) is 5.01. The Labute approximate surface area is 110 Å². The molecule has 2 bridgehead atoms. The molecule has 2 aliphatic heterocycles. The minimum absolute atomic E-state index is 0.289. The van der Waals surface area contributed by atoms with E-state index >= 15 is 0 Å². The fourth-order valence-electron chi connectivity index (χ4n) is 3.74. The molecule has 0 aliphatic carbocycles. The monoisotopic (exact) mass is 254 g/mol. The van der Waals surface area contributed by atoms with Crippen LogP contribution in [-0.2, 0) is 4.79 Å². The fraction of sp³-hybridized carbons (Fsp3) is 0.929. The molecule has 3 atom stereocenters. The van der Waals surface area contributed by atoms with Crippen molar-refractivity contribution >= 4 is 5.97 Å². The molecule has 3 unspecified atom stereocenters. The molecule has 0 radical (unpaired) electrons. The number of carbonyl (C=O) groups is 1. The van der Waals surface area contributed by atoms with Crippen LogP contribution >= 0.6 is 0 Å². The van der Waals surface area contributed by atoms with Crippen molar-refractivity contribution in [2.24, 2.45) is 0 Å². The van der Waals surface area contributed by atoms with E-state index in [1.54, 1.807) is 0 Å². The molecule has 0 aromatic rings. The largest absolute Gasteiger partial charge is 0.480 e. The second-order valence-electron chi connectivity index (χ2n) is 5.74. The maximum atomic E-state index is 11.5. The van der Waals surface area contributed by atoms with Gasteiger partial charge in [-0.3, -0.25) is 9.69 Å². The first kappa shape index (κ1) is 13.8. The molecule has 2 fully saturated rings. The molecule has 2 rings (SSSR count). The third kappa shape index (κ3) is 2.86. The number of carboxylic acid groups (broad SMARTS) is 1. The molecule has 4 heteroatoms. The van der Waals surface area contributed by atoms with Gasteiger partial charge < -0.3 is 10.4 Å². The molecular formula is C14H26N2O2. The highest BCUT2D eigenvalue weighted by molar-refractivity contribution is 5.73. The summed E-state index contributed by atoms with van der Waals surface area (Å²) in [7, 11) is 0. The first-order valence-electron chi connectivity index (χ1n) is 7.40. The molecule has 104 valence electrons. The number of rotatable bonds is 6. The molecule has 0 amide bonds. The van der Waals surface area contributed by atoms with E-state index < -0.39 is 5.97 Å². The van der Waals surface area contributed by atoms with Crippen LogP contribution in [0, 0.1) is 0 Å². The van der Waals surface area contributed by atoms with Crippen molar-refractivity contribution in [3.8, 4) is 0 Å². The molecule has 2 saturated heterocycles. The number of aliphatic carboxylic acids is 1. The molecule has 2 heterocycles. The van der Waals surface area contributed by atoms with Crippen molar-refractivity contribution in [1.29, 1.82) is 0 Å². The predicted molar refractivity (Wildman–Crippen MR) is 71.7 cm³/mol. The van der Waals surface area contributed by atoms with Crippen LogP contribution in [0.5, 0.6) is 0 Å². The third-order valence-corrected chi connectivity index (χ3v) is 4.53. The maximum absolute atomic E-state index is 11.5. The van der Waals surface area contributed by atoms with Crippen LogP contribution in [0.25, 0.3) is 0 Å². The zero-order valence-electron chi connectivity index (χ0n) is 11.6. The average molecular weight is 254 g/mol. The number of likely N-dealkylation sites (N-methyl/N-ethyl adjacent to an activating group) is 1. The van der Waals surface area contributed by atoms with Crippen molar-refractivity contribution < 1.29 is 9.90 Å². The summed E-state index contributed by atoms with van der Waals surface area (Å²) >= 11 is 0. The van der Waals surface area contributed by atoms with E-state index in [1.165, 1.54) is 12.8 Å². The van der Waals surface area contributed by atoms with Crippen LogP contribution in [0.4, 0.5) is 0 Å². The van der Waals surface area contributed by atoms with Gasteiger partial charge in [0.25, 0.3) is 0 Å². The molecule has 0 saturated carbocycles. The van der Waals surface area contributed by atoms with Gasteiger partial charge in [0.1, 0.15) is 6.04 Å². The van der Waals surface area contributed by atoms with Crippen molar-refractivity contribution in [3.05, 3.63) is 0 Å². The van der Waals surface area contributed by atoms with Crippen molar-refractivity contribution in [1.82, 2.24) is 10.2 Å². The second kappa shape index (κ2) is 6.02. The summed E-state index contributed by atoms with van der Waals surface area (Å²) in [5, 5.41) is 13.1. The molecule has 18 heavy (non-hydrogen) atoms. The predicted octanol–water partition coefficient (Wildman–Crippen LogP) is 1.84. The van der Waals surface area contributed by atoms with Gasteiger partial charge in [-0.05, 0) is 38.6 Å². The lowest BCUT2D eigenvalue weighted by Crippen LogP contribution is -2.53. The van der Waals surface area contributed by atoms with Gasteiger partial charge in [0, 0.05) is 18.1 Å². The highest BCUT2D eigenvalue weighted by atomic mass is 16.4. The topological polar surface area (TPSA) is 52.6 Å². The summed E-state index contributed by atoms with van der Waals surface area (Å²) in [5.41, 5.74) is 0.